The third kappa shape index (κ3) is 5.99. The molecule has 2 aliphatic rings. The first-order chi connectivity index (χ1) is 27.6. The predicted octanol–water partition coefficient (Wildman–Crippen LogP) is 13.0. The second-order valence-electron chi connectivity index (χ2n) is 15.1. The maximum Gasteiger partial charge on any atom is 0.160 e. The van der Waals surface area contributed by atoms with Crippen LogP contribution >= 0.6 is 0 Å². The molecule has 4 heteroatoms. The van der Waals surface area contributed by atoms with Gasteiger partial charge in [-0.25, -0.2) is 9.97 Å². The Morgan fingerprint density at radius 3 is 1.73 bits per heavy atom. The van der Waals surface area contributed by atoms with E-state index in [0.717, 1.165) is 63.2 Å². The summed E-state index contributed by atoms with van der Waals surface area (Å²) in [7, 11) is 0. The van der Waals surface area contributed by atoms with Crippen LogP contribution in [-0.4, -0.2) is 15.0 Å². The van der Waals surface area contributed by atoms with Crippen LogP contribution in [0, 0.1) is 11.3 Å². The zero-order chi connectivity index (χ0) is 37.5. The quantitative estimate of drug-likeness (QED) is 0.172. The summed E-state index contributed by atoms with van der Waals surface area (Å²) in [6.07, 6.45) is 9.76. The summed E-state index contributed by atoms with van der Waals surface area (Å²) in [5.74, 6) is 0.698. The molecule has 0 saturated heterocycles. The van der Waals surface area contributed by atoms with E-state index in [4.69, 9.17) is 9.97 Å². The maximum absolute atomic E-state index is 9.69. The van der Waals surface area contributed by atoms with E-state index in [9.17, 15) is 5.26 Å². The number of aromatic nitrogens is 3. The molecule has 8 aromatic rings. The van der Waals surface area contributed by atoms with Gasteiger partial charge in [0.05, 0.1) is 23.0 Å². The van der Waals surface area contributed by atoms with Gasteiger partial charge in [0, 0.05) is 34.5 Å². The molecule has 2 aromatic heterocycles. The van der Waals surface area contributed by atoms with Gasteiger partial charge in [-0.05, 0) is 105 Å². The van der Waals surface area contributed by atoms with Gasteiger partial charge in [-0.1, -0.05) is 141 Å². The van der Waals surface area contributed by atoms with Crippen LogP contribution in [-0.2, 0) is 5.41 Å². The molecule has 2 heterocycles. The number of nitriles is 1. The first-order valence-electron chi connectivity index (χ1n) is 19.5. The molecule has 1 spiro atoms. The van der Waals surface area contributed by atoms with Gasteiger partial charge in [-0.15, -0.1) is 0 Å². The second kappa shape index (κ2) is 14.0. The lowest BCUT2D eigenvalue weighted by Gasteiger charge is -2.36. The fourth-order valence-corrected chi connectivity index (χ4v) is 8.99. The van der Waals surface area contributed by atoms with Crippen LogP contribution in [0.5, 0.6) is 0 Å². The van der Waals surface area contributed by atoms with Crippen LogP contribution in [0.4, 0.5) is 0 Å². The van der Waals surface area contributed by atoms with Crippen molar-refractivity contribution in [3.8, 4) is 84.5 Å². The molecular formula is C52H38N4. The minimum Gasteiger partial charge on any atom is -0.264 e. The van der Waals surface area contributed by atoms with Crippen molar-refractivity contribution in [1.82, 2.24) is 15.0 Å². The lowest BCUT2D eigenvalue weighted by Crippen LogP contribution is -2.28. The summed E-state index contributed by atoms with van der Waals surface area (Å²) in [6, 6.07) is 58.1. The molecule has 10 rings (SSSR count). The molecule has 0 bridgehead atoms. The van der Waals surface area contributed by atoms with Gasteiger partial charge in [0.1, 0.15) is 0 Å². The molecule has 1 saturated carbocycles. The molecule has 0 unspecified atom stereocenters. The summed E-state index contributed by atoms with van der Waals surface area (Å²) >= 11 is 0. The first kappa shape index (κ1) is 33.6. The molecule has 2 aliphatic carbocycles. The van der Waals surface area contributed by atoms with Crippen LogP contribution in [0.15, 0.2) is 170 Å². The first-order valence-corrected chi connectivity index (χ1v) is 19.5. The largest absolute Gasteiger partial charge is 0.264 e. The molecule has 1 fully saturated rings. The standard InChI is InChI=1S/C52H38N4/c53-33-35-14-25-47-46(29-35)45-24-23-43(31-48(45)52(47)26-5-2-6-27-52)42-12-7-11-41(30-42)36-15-19-38(20-16-36)49-32-50(56-51(55-49)40-9-3-1-4-10-40)39-21-17-37(18-22-39)44-13-8-28-54-34-44/h1,3-4,7-25,28-32,34H,2,5-6,26-27H2. The van der Waals surface area contributed by atoms with Gasteiger partial charge in [0.25, 0.3) is 0 Å². The minimum absolute atomic E-state index is 0.0327. The zero-order valence-electron chi connectivity index (χ0n) is 31.0. The van der Waals surface area contributed by atoms with Crippen LogP contribution in [0.1, 0.15) is 48.8 Å². The molecule has 6 aromatic carbocycles. The highest BCUT2D eigenvalue weighted by Crippen LogP contribution is 2.56. The monoisotopic (exact) mass is 718 g/mol. The highest BCUT2D eigenvalue weighted by atomic mass is 14.9. The summed E-state index contributed by atoms with van der Waals surface area (Å²) in [4.78, 5) is 14.4. The normalized spacial score (nSPS) is 13.8. The highest BCUT2D eigenvalue weighted by molar-refractivity contribution is 5.86. The van der Waals surface area contributed by atoms with E-state index in [1.165, 1.54) is 58.2 Å². The predicted molar refractivity (Wildman–Crippen MR) is 226 cm³/mol. The zero-order valence-corrected chi connectivity index (χ0v) is 31.0. The van der Waals surface area contributed by atoms with Crippen LogP contribution < -0.4 is 0 Å². The topological polar surface area (TPSA) is 62.5 Å². The van der Waals surface area contributed by atoms with Gasteiger partial charge >= 0.3 is 0 Å². The fraction of sp³-hybridized carbons (Fsp3) is 0.115. The Morgan fingerprint density at radius 2 is 1.05 bits per heavy atom. The van der Waals surface area contributed by atoms with Crippen molar-refractivity contribution < 1.29 is 0 Å². The Labute approximate surface area is 327 Å². The minimum atomic E-state index is 0.0327. The molecule has 266 valence electrons. The average Bonchev–Trinajstić information content (AvgIpc) is 3.54. The van der Waals surface area contributed by atoms with E-state index in [1.54, 1.807) is 6.20 Å². The van der Waals surface area contributed by atoms with Crippen molar-refractivity contribution in [3.63, 3.8) is 0 Å². The number of fused-ring (bicyclic) bond motifs is 5. The Bertz CT molecular complexity index is 2760. The Hall–Kier alpha value is -6.96. The van der Waals surface area contributed by atoms with Crippen molar-refractivity contribution in [2.75, 3.05) is 0 Å². The Kier molecular flexibility index (Phi) is 8.42. The van der Waals surface area contributed by atoms with Gasteiger partial charge < -0.3 is 0 Å². The molecular weight excluding hydrogens is 681 g/mol. The van der Waals surface area contributed by atoms with Gasteiger partial charge in [-0.2, -0.15) is 5.26 Å². The molecule has 0 atom stereocenters. The Morgan fingerprint density at radius 1 is 0.446 bits per heavy atom. The fourth-order valence-electron chi connectivity index (χ4n) is 8.99. The highest BCUT2D eigenvalue weighted by Gasteiger charge is 2.43. The molecule has 4 nitrogen and oxygen atoms in total. The molecule has 0 aliphatic heterocycles. The van der Waals surface area contributed by atoms with Gasteiger partial charge in [0.2, 0.25) is 0 Å². The van der Waals surface area contributed by atoms with E-state index in [2.05, 4.69) is 138 Å². The van der Waals surface area contributed by atoms with Crippen molar-refractivity contribution in [2.45, 2.75) is 37.5 Å². The number of nitrogens with zero attached hydrogens (tertiary/aromatic N) is 4. The van der Waals surface area contributed by atoms with Gasteiger partial charge in [0.15, 0.2) is 5.82 Å². The van der Waals surface area contributed by atoms with E-state index in [0.29, 0.717) is 5.82 Å². The molecule has 0 radical (unpaired) electrons. The van der Waals surface area contributed by atoms with Crippen molar-refractivity contribution in [2.24, 2.45) is 0 Å². The summed E-state index contributed by atoms with van der Waals surface area (Å²) < 4.78 is 0. The van der Waals surface area contributed by atoms with Gasteiger partial charge in [-0.3, -0.25) is 4.98 Å². The third-order valence-electron chi connectivity index (χ3n) is 11.8. The van der Waals surface area contributed by atoms with Crippen LogP contribution in [0.25, 0.3) is 78.4 Å². The van der Waals surface area contributed by atoms with E-state index < -0.39 is 0 Å². The SMILES string of the molecule is N#Cc1ccc2c(c1)-c1ccc(-c3cccc(-c4ccc(-c5cc(-c6ccc(-c7cccnc7)cc6)nc(-c6ccccc6)n5)cc4)c3)cc1C21CCCCC1. The lowest BCUT2D eigenvalue weighted by atomic mass is 9.67. The molecule has 56 heavy (non-hydrogen) atoms. The number of benzene rings is 6. The van der Waals surface area contributed by atoms with E-state index >= 15 is 0 Å². The van der Waals surface area contributed by atoms with E-state index in [1.807, 2.05) is 36.5 Å². The van der Waals surface area contributed by atoms with Crippen molar-refractivity contribution in [1.29, 1.82) is 5.26 Å². The number of pyridine rings is 1. The van der Waals surface area contributed by atoms with E-state index in [-0.39, 0.29) is 5.41 Å². The van der Waals surface area contributed by atoms with Crippen molar-refractivity contribution in [3.05, 3.63) is 187 Å². The molecule has 0 amide bonds. The lowest BCUT2D eigenvalue weighted by molar-refractivity contribution is 0.353. The number of hydrogen-bond donors (Lipinski definition) is 0. The Balaban J connectivity index is 0.977. The third-order valence-corrected chi connectivity index (χ3v) is 11.8. The summed E-state index contributed by atoms with van der Waals surface area (Å²) in [5.41, 5.74) is 17.9. The van der Waals surface area contributed by atoms with Crippen molar-refractivity contribution >= 4 is 0 Å². The average molecular weight is 719 g/mol. The summed E-state index contributed by atoms with van der Waals surface area (Å²) in [5, 5.41) is 9.69. The molecule has 0 N–H and O–H groups in total. The maximum atomic E-state index is 9.69. The van der Waals surface area contributed by atoms with Crippen LogP contribution in [0.3, 0.4) is 0 Å². The van der Waals surface area contributed by atoms with Crippen LogP contribution in [0.2, 0.25) is 0 Å². The smallest absolute Gasteiger partial charge is 0.160 e. The number of hydrogen-bond acceptors (Lipinski definition) is 4. The number of rotatable bonds is 6. The summed E-state index contributed by atoms with van der Waals surface area (Å²) in [6.45, 7) is 0. The second-order valence-corrected chi connectivity index (χ2v) is 15.1.